The number of hydrogen-bond acceptors (Lipinski definition) is 6. The van der Waals surface area contributed by atoms with Crippen LogP contribution in [0.25, 0.3) is 0 Å². The van der Waals surface area contributed by atoms with Crippen LogP contribution < -0.4 is 15.2 Å². The second kappa shape index (κ2) is 5.11. The van der Waals surface area contributed by atoms with Gasteiger partial charge in [-0.1, -0.05) is 6.07 Å². The summed E-state index contributed by atoms with van der Waals surface area (Å²) in [5.74, 6) is 1.34. The lowest BCUT2D eigenvalue weighted by atomic mass is 10.0. The Labute approximate surface area is 104 Å². The van der Waals surface area contributed by atoms with E-state index in [1.54, 1.807) is 20.4 Å². The van der Waals surface area contributed by atoms with E-state index in [0.29, 0.717) is 11.5 Å². The van der Waals surface area contributed by atoms with Crippen molar-refractivity contribution in [2.75, 3.05) is 14.2 Å². The van der Waals surface area contributed by atoms with Crippen LogP contribution in [0.5, 0.6) is 11.5 Å². The minimum atomic E-state index is -0.298. The number of nitrogens with zero attached hydrogens (tertiary/aromatic N) is 2. The molecule has 0 amide bonds. The van der Waals surface area contributed by atoms with Crippen LogP contribution in [0.1, 0.15) is 17.3 Å². The van der Waals surface area contributed by atoms with E-state index in [1.807, 2.05) is 18.2 Å². The Kier molecular flexibility index (Phi) is 3.55. The Bertz CT molecular complexity index is 487. The fraction of sp³-hybridized carbons (Fsp3) is 0.273. The summed E-state index contributed by atoms with van der Waals surface area (Å²) in [5, 5.41) is 0. The van der Waals surface area contributed by atoms with Crippen LogP contribution in [-0.4, -0.2) is 23.0 Å². The van der Waals surface area contributed by atoms with Crippen molar-refractivity contribution >= 4 is 11.7 Å². The van der Waals surface area contributed by atoms with Gasteiger partial charge in [0.1, 0.15) is 0 Å². The molecule has 0 radical (unpaired) electrons. The van der Waals surface area contributed by atoms with Gasteiger partial charge in [0.25, 0.3) is 0 Å². The first-order valence-corrected chi connectivity index (χ1v) is 5.74. The van der Waals surface area contributed by atoms with Crippen molar-refractivity contribution in [1.82, 2.24) is 8.75 Å². The second-order valence-corrected chi connectivity index (χ2v) is 3.98. The van der Waals surface area contributed by atoms with E-state index in [4.69, 9.17) is 15.2 Å². The molecule has 2 N–H and O–H groups in total. The van der Waals surface area contributed by atoms with Gasteiger partial charge in [-0.15, -0.1) is 0 Å². The van der Waals surface area contributed by atoms with E-state index in [-0.39, 0.29) is 6.04 Å². The van der Waals surface area contributed by atoms with Crippen molar-refractivity contribution in [2.45, 2.75) is 6.04 Å². The van der Waals surface area contributed by atoms with Crippen LogP contribution in [0.3, 0.4) is 0 Å². The van der Waals surface area contributed by atoms with Crippen LogP contribution in [0.2, 0.25) is 0 Å². The van der Waals surface area contributed by atoms with Gasteiger partial charge in [0.15, 0.2) is 11.5 Å². The van der Waals surface area contributed by atoms with E-state index < -0.39 is 0 Å². The molecule has 1 unspecified atom stereocenters. The predicted octanol–water partition coefficient (Wildman–Crippen LogP) is 1.60. The van der Waals surface area contributed by atoms with Crippen molar-refractivity contribution < 1.29 is 9.47 Å². The molecule has 1 heterocycles. The maximum atomic E-state index is 6.08. The van der Waals surface area contributed by atoms with Gasteiger partial charge in [0.05, 0.1) is 43.9 Å². The smallest absolute Gasteiger partial charge is 0.161 e. The van der Waals surface area contributed by atoms with Crippen molar-refractivity contribution in [3.8, 4) is 11.5 Å². The maximum Gasteiger partial charge on any atom is 0.161 e. The number of rotatable bonds is 4. The standard InChI is InChI=1S/C11H13N3O2S/c1-15-9-4-3-7(5-10(9)16-2)11(12)8-6-13-17-14-8/h3-6,11H,12H2,1-2H3. The number of benzene rings is 1. The normalized spacial score (nSPS) is 12.2. The van der Waals surface area contributed by atoms with E-state index in [0.717, 1.165) is 23.0 Å². The summed E-state index contributed by atoms with van der Waals surface area (Å²) < 4.78 is 18.5. The Morgan fingerprint density at radius 3 is 2.59 bits per heavy atom. The zero-order chi connectivity index (χ0) is 12.3. The highest BCUT2D eigenvalue weighted by molar-refractivity contribution is 6.99. The van der Waals surface area contributed by atoms with Gasteiger partial charge in [-0.2, -0.15) is 8.75 Å². The highest BCUT2D eigenvalue weighted by atomic mass is 32.1. The molecule has 0 saturated carbocycles. The molecule has 5 nitrogen and oxygen atoms in total. The molecular weight excluding hydrogens is 238 g/mol. The highest BCUT2D eigenvalue weighted by Crippen LogP contribution is 2.30. The second-order valence-electron chi connectivity index (χ2n) is 3.42. The lowest BCUT2D eigenvalue weighted by Crippen LogP contribution is -2.12. The molecule has 0 saturated heterocycles. The SMILES string of the molecule is COc1ccc(C(N)c2cnsn2)cc1OC. The third-order valence-electron chi connectivity index (χ3n) is 2.46. The molecule has 1 aromatic carbocycles. The summed E-state index contributed by atoms with van der Waals surface area (Å²) in [6, 6.07) is 5.27. The van der Waals surface area contributed by atoms with Crippen molar-refractivity contribution in [2.24, 2.45) is 5.73 Å². The van der Waals surface area contributed by atoms with Crippen LogP contribution in [0, 0.1) is 0 Å². The molecular formula is C11H13N3O2S. The number of hydrogen-bond donors (Lipinski definition) is 1. The Balaban J connectivity index is 2.33. The summed E-state index contributed by atoms with van der Waals surface area (Å²) in [6.07, 6.45) is 1.67. The fourth-order valence-corrected chi connectivity index (χ4v) is 1.98. The van der Waals surface area contributed by atoms with Gasteiger partial charge in [0.2, 0.25) is 0 Å². The fourth-order valence-electron chi connectivity index (χ4n) is 1.53. The Morgan fingerprint density at radius 2 is 2.00 bits per heavy atom. The molecule has 90 valence electrons. The van der Waals surface area contributed by atoms with E-state index in [2.05, 4.69) is 8.75 Å². The topological polar surface area (TPSA) is 70.3 Å². The molecule has 6 heteroatoms. The first-order valence-electron chi connectivity index (χ1n) is 5.01. The monoisotopic (exact) mass is 251 g/mol. The largest absolute Gasteiger partial charge is 0.493 e. The molecule has 0 fully saturated rings. The molecule has 0 spiro atoms. The van der Waals surface area contributed by atoms with E-state index in [1.165, 1.54) is 0 Å². The summed E-state index contributed by atoms with van der Waals surface area (Å²) in [7, 11) is 3.19. The zero-order valence-electron chi connectivity index (χ0n) is 9.58. The van der Waals surface area contributed by atoms with Crippen molar-refractivity contribution in [1.29, 1.82) is 0 Å². The van der Waals surface area contributed by atoms with E-state index in [9.17, 15) is 0 Å². The first kappa shape index (κ1) is 11.8. The summed E-state index contributed by atoms with van der Waals surface area (Å²) in [6.45, 7) is 0. The molecule has 0 aliphatic heterocycles. The minimum absolute atomic E-state index is 0.298. The van der Waals surface area contributed by atoms with Gasteiger partial charge in [0, 0.05) is 0 Å². The lowest BCUT2D eigenvalue weighted by Gasteiger charge is -2.12. The highest BCUT2D eigenvalue weighted by Gasteiger charge is 2.14. The van der Waals surface area contributed by atoms with Gasteiger partial charge in [-0.25, -0.2) is 0 Å². The average molecular weight is 251 g/mol. The lowest BCUT2D eigenvalue weighted by molar-refractivity contribution is 0.354. The van der Waals surface area contributed by atoms with Gasteiger partial charge in [-0.05, 0) is 17.7 Å². The van der Waals surface area contributed by atoms with Crippen molar-refractivity contribution in [3.63, 3.8) is 0 Å². The van der Waals surface area contributed by atoms with Crippen molar-refractivity contribution in [3.05, 3.63) is 35.7 Å². The number of ether oxygens (including phenoxy) is 2. The quantitative estimate of drug-likeness (QED) is 0.893. The minimum Gasteiger partial charge on any atom is -0.493 e. The van der Waals surface area contributed by atoms with Crippen LogP contribution in [0.15, 0.2) is 24.4 Å². The molecule has 0 aliphatic carbocycles. The van der Waals surface area contributed by atoms with E-state index >= 15 is 0 Å². The first-order chi connectivity index (χ1) is 8.26. The number of nitrogens with two attached hydrogens (primary N) is 1. The molecule has 0 aliphatic rings. The Hall–Kier alpha value is -1.66. The summed E-state index contributed by atoms with van der Waals surface area (Å²) >= 11 is 1.14. The molecule has 17 heavy (non-hydrogen) atoms. The molecule has 0 bridgehead atoms. The summed E-state index contributed by atoms with van der Waals surface area (Å²) in [4.78, 5) is 0. The van der Waals surface area contributed by atoms with Crippen LogP contribution in [0.4, 0.5) is 0 Å². The molecule has 2 aromatic rings. The third kappa shape index (κ3) is 2.37. The maximum absolute atomic E-state index is 6.08. The molecule has 1 aromatic heterocycles. The summed E-state index contributed by atoms with van der Waals surface area (Å²) in [5.41, 5.74) is 7.75. The van der Waals surface area contributed by atoms with Gasteiger partial charge in [-0.3, -0.25) is 0 Å². The third-order valence-corrected chi connectivity index (χ3v) is 2.96. The van der Waals surface area contributed by atoms with Crippen LogP contribution in [-0.2, 0) is 0 Å². The average Bonchev–Trinajstić information content (AvgIpc) is 2.90. The Morgan fingerprint density at radius 1 is 1.24 bits per heavy atom. The number of methoxy groups -OCH3 is 2. The van der Waals surface area contributed by atoms with Gasteiger partial charge < -0.3 is 15.2 Å². The zero-order valence-corrected chi connectivity index (χ0v) is 10.4. The molecule has 1 atom stereocenters. The van der Waals surface area contributed by atoms with Crippen LogP contribution >= 0.6 is 11.7 Å². The predicted molar refractivity (Wildman–Crippen MR) is 65.5 cm³/mol. The number of aromatic nitrogens is 2. The van der Waals surface area contributed by atoms with Gasteiger partial charge >= 0.3 is 0 Å². The molecule has 2 rings (SSSR count).